The molecule has 0 unspecified atom stereocenters. The fourth-order valence-corrected chi connectivity index (χ4v) is 2.22. The minimum Gasteiger partial charge on any atom is -0.496 e. The second-order valence-corrected chi connectivity index (χ2v) is 4.89. The van der Waals surface area contributed by atoms with Crippen molar-refractivity contribution in [3.63, 3.8) is 0 Å². The number of amides is 1. The number of ether oxygens (including phenoxy) is 1. The zero-order chi connectivity index (χ0) is 16.4. The third-order valence-electron chi connectivity index (χ3n) is 3.27. The number of hydrogen-bond acceptors (Lipinski definition) is 6. The van der Waals surface area contributed by atoms with Gasteiger partial charge < -0.3 is 13.6 Å². The minimum absolute atomic E-state index is 0.00848. The Morgan fingerprint density at radius 1 is 1.17 bits per heavy atom. The van der Waals surface area contributed by atoms with Gasteiger partial charge in [-0.25, -0.2) is 0 Å². The highest BCUT2D eigenvalue weighted by molar-refractivity contribution is 6.03. The topological polar surface area (TPSA) is 90.4 Å². The molecule has 2 aromatic heterocycles. The van der Waals surface area contributed by atoms with E-state index in [2.05, 4.69) is 15.5 Å². The summed E-state index contributed by atoms with van der Waals surface area (Å²) in [6, 6.07) is 8.91. The molecule has 0 bridgehead atoms. The third-order valence-corrected chi connectivity index (χ3v) is 3.27. The summed E-state index contributed by atoms with van der Waals surface area (Å²) in [4.78, 5) is 12.2. The van der Waals surface area contributed by atoms with Crippen molar-refractivity contribution in [3.8, 4) is 17.2 Å². The van der Waals surface area contributed by atoms with Gasteiger partial charge in [0, 0.05) is 0 Å². The largest absolute Gasteiger partial charge is 0.496 e. The molecule has 0 saturated carbocycles. The van der Waals surface area contributed by atoms with Crippen LogP contribution in [0.1, 0.15) is 21.9 Å². The maximum atomic E-state index is 12.2. The van der Waals surface area contributed by atoms with Gasteiger partial charge in [0.2, 0.25) is 0 Å². The number of nitrogens with zero attached hydrogens (tertiary/aromatic N) is 2. The Kier molecular flexibility index (Phi) is 3.84. The lowest BCUT2D eigenvalue weighted by Crippen LogP contribution is -2.12. The first-order valence-corrected chi connectivity index (χ1v) is 6.93. The number of anilines is 1. The zero-order valence-corrected chi connectivity index (χ0v) is 12.9. The summed E-state index contributed by atoms with van der Waals surface area (Å²) in [5, 5.41) is 10.3. The lowest BCUT2D eigenvalue weighted by molar-refractivity contribution is 0.102. The average Bonchev–Trinajstić information content (AvgIpc) is 3.13. The third kappa shape index (κ3) is 2.94. The Balaban J connectivity index is 1.82. The van der Waals surface area contributed by atoms with Crippen LogP contribution in [0.15, 0.2) is 39.2 Å². The van der Waals surface area contributed by atoms with Gasteiger partial charge in [-0.2, -0.15) is 0 Å². The van der Waals surface area contributed by atoms with Gasteiger partial charge in [-0.3, -0.25) is 10.1 Å². The van der Waals surface area contributed by atoms with E-state index in [-0.39, 0.29) is 17.8 Å². The Hall–Kier alpha value is -3.09. The summed E-state index contributed by atoms with van der Waals surface area (Å²) in [7, 11) is 1.56. The highest BCUT2D eigenvalue weighted by atomic mass is 16.5. The lowest BCUT2D eigenvalue weighted by atomic mass is 10.2. The molecule has 118 valence electrons. The zero-order valence-electron chi connectivity index (χ0n) is 12.9. The van der Waals surface area contributed by atoms with E-state index in [1.54, 1.807) is 39.2 Å². The van der Waals surface area contributed by atoms with Crippen LogP contribution in [0.4, 0.5) is 6.01 Å². The number of carbonyl (C=O) groups is 1. The van der Waals surface area contributed by atoms with E-state index in [9.17, 15) is 4.79 Å². The Labute approximate surface area is 132 Å². The molecule has 7 nitrogen and oxygen atoms in total. The molecular formula is C16H15N3O4. The summed E-state index contributed by atoms with van der Waals surface area (Å²) >= 11 is 0. The minimum atomic E-state index is -0.366. The van der Waals surface area contributed by atoms with Crippen LogP contribution in [-0.2, 0) is 0 Å². The molecule has 0 radical (unpaired) electrons. The molecule has 1 N–H and O–H groups in total. The summed E-state index contributed by atoms with van der Waals surface area (Å²) in [6.07, 6.45) is 0. The molecular weight excluding hydrogens is 298 g/mol. The number of rotatable bonds is 4. The van der Waals surface area contributed by atoms with Crippen molar-refractivity contribution in [2.45, 2.75) is 13.8 Å². The van der Waals surface area contributed by atoms with Crippen molar-refractivity contribution < 1.29 is 18.4 Å². The first kappa shape index (κ1) is 14.8. The van der Waals surface area contributed by atoms with E-state index in [1.165, 1.54) is 0 Å². The van der Waals surface area contributed by atoms with E-state index in [4.69, 9.17) is 13.6 Å². The second-order valence-electron chi connectivity index (χ2n) is 4.89. The average molecular weight is 313 g/mol. The number of para-hydroxylation sites is 1. The summed E-state index contributed by atoms with van der Waals surface area (Å²) in [5.74, 6) is 1.69. The molecule has 1 aromatic carbocycles. The number of carbonyl (C=O) groups excluding carboxylic acids is 1. The first-order chi connectivity index (χ1) is 11.1. The van der Waals surface area contributed by atoms with Gasteiger partial charge in [-0.15, -0.1) is 5.10 Å². The fourth-order valence-electron chi connectivity index (χ4n) is 2.22. The Morgan fingerprint density at radius 2 is 1.96 bits per heavy atom. The Bertz CT molecular complexity index is 851. The normalized spacial score (nSPS) is 10.6. The van der Waals surface area contributed by atoms with Crippen molar-refractivity contribution in [1.29, 1.82) is 0 Å². The summed E-state index contributed by atoms with van der Waals surface area (Å²) in [5.41, 5.74) is 1.08. The highest BCUT2D eigenvalue weighted by Crippen LogP contribution is 2.29. The van der Waals surface area contributed by atoms with Gasteiger partial charge in [0.05, 0.1) is 18.2 Å². The summed E-state index contributed by atoms with van der Waals surface area (Å²) < 4.78 is 16.1. The fraction of sp³-hybridized carbons (Fsp3) is 0.188. The van der Waals surface area contributed by atoms with Crippen LogP contribution in [0.3, 0.4) is 0 Å². The number of aromatic nitrogens is 2. The van der Waals surface area contributed by atoms with Crippen LogP contribution in [0.25, 0.3) is 11.5 Å². The molecule has 0 aliphatic heterocycles. The van der Waals surface area contributed by atoms with Crippen LogP contribution < -0.4 is 10.1 Å². The van der Waals surface area contributed by atoms with Crippen molar-refractivity contribution in [3.05, 3.63) is 47.4 Å². The molecule has 2 heterocycles. The lowest BCUT2D eigenvalue weighted by Gasteiger charge is -2.03. The first-order valence-electron chi connectivity index (χ1n) is 6.93. The predicted molar refractivity (Wildman–Crippen MR) is 82.4 cm³/mol. The van der Waals surface area contributed by atoms with Gasteiger partial charge in [0.1, 0.15) is 17.3 Å². The van der Waals surface area contributed by atoms with E-state index >= 15 is 0 Å². The molecule has 7 heteroatoms. The number of methoxy groups -OCH3 is 1. The van der Waals surface area contributed by atoms with Crippen molar-refractivity contribution in [2.75, 3.05) is 12.4 Å². The van der Waals surface area contributed by atoms with Crippen LogP contribution in [0, 0.1) is 13.8 Å². The molecule has 0 aliphatic rings. The van der Waals surface area contributed by atoms with Crippen LogP contribution >= 0.6 is 0 Å². The van der Waals surface area contributed by atoms with Crippen molar-refractivity contribution >= 4 is 11.9 Å². The Morgan fingerprint density at radius 3 is 2.65 bits per heavy atom. The molecule has 0 saturated heterocycles. The monoisotopic (exact) mass is 313 g/mol. The van der Waals surface area contributed by atoms with Crippen LogP contribution in [0.2, 0.25) is 0 Å². The maximum absolute atomic E-state index is 12.2. The SMILES string of the molecule is COc1ccccc1-c1nnc(NC(=O)c2cc(C)oc2C)o1. The van der Waals surface area contributed by atoms with Gasteiger partial charge in [0.15, 0.2) is 0 Å². The van der Waals surface area contributed by atoms with E-state index in [1.807, 2.05) is 12.1 Å². The molecule has 0 atom stereocenters. The quantitative estimate of drug-likeness (QED) is 0.795. The van der Waals surface area contributed by atoms with Crippen molar-refractivity contribution in [2.24, 2.45) is 0 Å². The summed E-state index contributed by atoms with van der Waals surface area (Å²) in [6.45, 7) is 3.49. The number of hydrogen-bond donors (Lipinski definition) is 1. The molecule has 0 aliphatic carbocycles. The molecule has 0 fully saturated rings. The van der Waals surface area contributed by atoms with Crippen LogP contribution in [-0.4, -0.2) is 23.2 Å². The van der Waals surface area contributed by atoms with Gasteiger partial charge in [-0.05, 0) is 32.0 Å². The van der Waals surface area contributed by atoms with Crippen molar-refractivity contribution in [1.82, 2.24) is 10.2 Å². The van der Waals surface area contributed by atoms with Gasteiger partial charge >= 0.3 is 6.01 Å². The molecule has 1 amide bonds. The molecule has 0 spiro atoms. The number of benzene rings is 1. The van der Waals surface area contributed by atoms with E-state index in [0.717, 1.165) is 0 Å². The smallest absolute Gasteiger partial charge is 0.322 e. The molecule has 23 heavy (non-hydrogen) atoms. The van der Waals surface area contributed by atoms with Gasteiger partial charge in [-0.1, -0.05) is 17.2 Å². The number of nitrogens with one attached hydrogen (secondary N) is 1. The highest BCUT2D eigenvalue weighted by Gasteiger charge is 2.18. The second kappa shape index (κ2) is 5.96. The van der Waals surface area contributed by atoms with Gasteiger partial charge in [0.25, 0.3) is 11.8 Å². The standard InChI is InChI=1S/C16H15N3O4/c1-9-8-12(10(2)22-9)14(20)17-16-19-18-15(23-16)11-6-4-5-7-13(11)21-3/h4-8H,1-3H3,(H,17,19,20). The van der Waals surface area contributed by atoms with E-state index < -0.39 is 0 Å². The predicted octanol–water partition coefficient (Wildman–Crippen LogP) is 3.21. The van der Waals surface area contributed by atoms with Crippen LogP contribution in [0.5, 0.6) is 5.75 Å². The number of aryl methyl sites for hydroxylation is 2. The number of furan rings is 1. The maximum Gasteiger partial charge on any atom is 0.322 e. The van der Waals surface area contributed by atoms with E-state index in [0.29, 0.717) is 28.4 Å². The molecule has 3 aromatic rings. The molecule has 3 rings (SSSR count).